The molecule has 0 saturated heterocycles. The first-order chi connectivity index (χ1) is 16.3. The summed E-state index contributed by atoms with van der Waals surface area (Å²) in [6.07, 6.45) is 3.61. The molecular formula is C25H30N2O6S. The molecule has 4 rings (SSSR count). The van der Waals surface area contributed by atoms with Crippen LogP contribution in [-0.2, 0) is 10.0 Å². The van der Waals surface area contributed by atoms with Crippen molar-refractivity contribution in [3.63, 3.8) is 0 Å². The lowest BCUT2D eigenvalue weighted by Gasteiger charge is -2.16. The second kappa shape index (κ2) is 10.1. The molecule has 1 amide bonds. The number of benzene rings is 2. The Kier molecular flexibility index (Phi) is 7.13. The Morgan fingerprint density at radius 3 is 2.62 bits per heavy atom. The van der Waals surface area contributed by atoms with Gasteiger partial charge in [-0.3, -0.25) is 4.79 Å². The van der Waals surface area contributed by atoms with Crippen molar-refractivity contribution in [2.45, 2.75) is 56.5 Å². The lowest BCUT2D eigenvalue weighted by atomic mass is 10.1. The van der Waals surface area contributed by atoms with Gasteiger partial charge >= 0.3 is 0 Å². The number of hydrogen-bond acceptors (Lipinski definition) is 6. The van der Waals surface area contributed by atoms with E-state index in [-0.39, 0.29) is 22.3 Å². The molecule has 1 heterocycles. The number of amides is 1. The number of rotatable bonds is 9. The summed E-state index contributed by atoms with van der Waals surface area (Å²) < 4.78 is 45.6. The van der Waals surface area contributed by atoms with E-state index in [1.165, 1.54) is 19.2 Å². The Labute approximate surface area is 199 Å². The van der Waals surface area contributed by atoms with E-state index in [1.807, 2.05) is 31.2 Å². The number of hydrogen-bond donors (Lipinski definition) is 2. The maximum atomic E-state index is 13.0. The van der Waals surface area contributed by atoms with Crippen LogP contribution in [0, 0.1) is 0 Å². The average molecular weight is 487 g/mol. The van der Waals surface area contributed by atoms with Crippen LogP contribution < -0.4 is 19.5 Å². The number of furan rings is 1. The molecule has 9 heteroatoms. The number of carbonyl (C=O) groups is 1. The Hall–Kier alpha value is -3.04. The SMILES string of the molecule is CCOc1cccc2cc(C(C)NC(=O)c3ccc(OC)c(S(=O)(=O)NC4CCCC4)c3)oc12. The highest BCUT2D eigenvalue weighted by atomic mass is 32.2. The fraction of sp³-hybridized carbons (Fsp3) is 0.400. The van der Waals surface area contributed by atoms with Crippen LogP contribution in [0.2, 0.25) is 0 Å². The van der Waals surface area contributed by atoms with E-state index in [0.29, 0.717) is 23.7 Å². The van der Waals surface area contributed by atoms with Gasteiger partial charge in [0.1, 0.15) is 16.4 Å². The fourth-order valence-corrected chi connectivity index (χ4v) is 5.74. The zero-order chi connectivity index (χ0) is 24.3. The zero-order valence-electron chi connectivity index (χ0n) is 19.6. The van der Waals surface area contributed by atoms with Crippen molar-refractivity contribution >= 4 is 26.9 Å². The first-order valence-electron chi connectivity index (χ1n) is 11.5. The van der Waals surface area contributed by atoms with Crippen LogP contribution in [-0.4, -0.2) is 34.1 Å². The zero-order valence-corrected chi connectivity index (χ0v) is 20.4. The first kappa shape index (κ1) is 24.1. The third-order valence-electron chi connectivity index (χ3n) is 5.99. The van der Waals surface area contributed by atoms with E-state index in [1.54, 1.807) is 13.0 Å². The molecule has 0 spiro atoms. The molecule has 1 atom stereocenters. The highest BCUT2D eigenvalue weighted by Gasteiger charge is 2.27. The van der Waals surface area contributed by atoms with E-state index in [4.69, 9.17) is 13.9 Å². The normalized spacial score (nSPS) is 15.4. The lowest BCUT2D eigenvalue weighted by Crippen LogP contribution is -2.33. The van der Waals surface area contributed by atoms with Crippen molar-refractivity contribution in [1.82, 2.24) is 10.0 Å². The van der Waals surface area contributed by atoms with Gasteiger partial charge in [0, 0.05) is 17.0 Å². The minimum Gasteiger partial charge on any atom is -0.495 e. The van der Waals surface area contributed by atoms with Gasteiger partial charge in [-0.15, -0.1) is 0 Å². The number of methoxy groups -OCH3 is 1. The largest absolute Gasteiger partial charge is 0.495 e. The van der Waals surface area contributed by atoms with Crippen LogP contribution in [0.15, 0.2) is 51.8 Å². The monoisotopic (exact) mass is 486 g/mol. The Morgan fingerprint density at radius 2 is 1.91 bits per heavy atom. The molecule has 34 heavy (non-hydrogen) atoms. The summed E-state index contributed by atoms with van der Waals surface area (Å²) >= 11 is 0. The van der Waals surface area contributed by atoms with Gasteiger partial charge in [-0.2, -0.15) is 0 Å². The van der Waals surface area contributed by atoms with Crippen LogP contribution in [0.4, 0.5) is 0 Å². The van der Waals surface area contributed by atoms with Crippen molar-refractivity contribution in [2.75, 3.05) is 13.7 Å². The second-order valence-corrected chi connectivity index (χ2v) is 10.1. The van der Waals surface area contributed by atoms with Crippen molar-refractivity contribution in [3.05, 3.63) is 53.8 Å². The van der Waals surface area contributed by atoms with Gasteiger partial charge in [0.15, 0.2) is 11.3 Å². The van der Waals surface area contributed by atoms with Crippen molar-refractivity contribution in [2.24, 2.45) is 0 Å². The van der Waals surface area contributed by atoms with Crippen LogP contribution >= 0.6 is 0 Å². The van der Waals surface area contributed by atoms with Crippen LogP contribution in [0.25, 0.3) is 11.0 Å². The molecule has 2 aromatic carbocycles. The minimum absolute atomic E-state index is 0.0488. The van der Waals surface area contributed by atoms with Crippen molar-refractivity contribution in [3.8, 4) is 11.5 Å². The first-order valence-corrected chi connectivity index (χ1v) is 13.0. The van der Waals surface area contributed by atoms with E-state index < -0.39 is 22.0 Å². The van der Waals surface area contributed by atoms with Gasteiger partial charge in [-0.05, 0) is 57.0 Å². The number of carbonyl (C=O) groups excluding carboxylic acids is 1. The molecule has 8 nitrogen and oxygen atoms in total. The lowest BCUT2D eigenvalue weighted by molar-refractivity contribution is 0.0935. The highest BCUT2D eigenvalue weighted by Crippen LogP contribution is 2.32. The highest BCUT2D eigenvalue weighted by molar-refractivity contribution is 7.89. The third-order valence-corrected chi connectivity index (χ3v) is 7.54. The van der Waals surface area contributed by atoms with Gasteiger partial charge in [-0.25, -0.2) is 13.1 Å². The molecule has 0 radical (unpaired) electrons. The number of sulfonamides is 1. The molecule has 2 N–H and O–H groups in total. The summed E-state index contributed by atoms with van der Waals surface area (Å²) in [5.74, 6) is 0.984. The van der Waals surface area contributed by atoms with E-state index in [9.17, 15) is 13.2 Å². The molecule has 1 aliphatic carbocycles. The van der Waals surface area contributed by atoms with Gasteiger partial charge in [0.25, 0.3) is 5.91 Å². The molecule has 0 aliphatic heterocycles. The van der Waals surface area contributed by atoms with E-state index >= 15 is 0 Å². The molecule has 3 aromatic rings. The standard InChI is InChI=1S/C25H30N2O6S/c1-4-32-21-11-7-8-17-14-22(33-24(17)21)16(2)26-25(28)18-12-13-20(31-3)23(15-18)34(29,30)27-19-9-5-6-10-19/h7-8,11-16,19,27H,4-6,9-10H2,1-3H3,(H,26,28). The second-order valence-electron chi connectivity index (χ2n) is 8.42. The maximum absolute atomic E-state index is 13.0. The summed E-state index contributed by atoms with van der Waals surface area (Å²) in [5.41, 5.74) is 0.835. The average Bonchev–Trinajstić information content (AvgIpc) is 3.49. The van der Waals surface area contributed by atoms with Crippen LogP contribution in [0.5, 0.6) is 11.5 Å². The van der Waals surface area contributed by atoms with Gasteiger partial charge in [0.05, 0.1) is 19.8 Å². The summed E-state index contributed by atoms with van der Waals surface area (Å²) in [7, 11) is -2.43. The maximum Gasteiger partial charge on any atom is 0.251 e. The van der Waals surface area contributed by atoms with E-state index in [0.717, 1.165) is 31.1 Å². The predicted octanol–water partition coefficient (Wildman–Crippen LogP) is 4.55. The number of fused-ring (bicyclic) bond motifs is 1. The Morgan fingerprint density at radius 1 is 1.15 bits per heavy atom. The number of para-hydroxylation sites is 1. The molecule has 1 saturated carbocycles. The molecular weight excluding hydrogens is 456 g/mol. The van der Waals surface area contributed by atoms with Gasteiger partial charge in [-0.1, -0.05) is 25.0 Å². The molecule has 182 valence electrons. The molecule has 1 aliphatic rings. The summed E-state index contributed by atoms with van der Waals surface area (Å²) in [6, 6.07) is 11.3. The van der Waals surface area contributed by atoms with E-state index in [2.05, 4.69) is 10.0 Å². The Balaban J connectivity index is 1.55. The topological polar surface area (TPSA) is 107 Å². The fourth-order valence-electron chi connectivity index (χ4n) is 4.24. The van der Waals surface area contributed by atoms with Gasteiger partial charge in [0.2, 0.25) is 10.0 Å². The molecule has 1 fully saturated rings. The third kappa shape index (κ3) is 5.05. The minimum atomic E-state index is -3.84. The van der Waals surface area contributed by atoms with Crippen molar-refractivity contribution < 1.29 is 27.1 Å². The summed E-state index contributed by atoms with van der Waals surface area (Å²) in [5, 5.41) is 3.76. The van der Waals surface area contributed by atoms with Crippen LogP contribution in [0.1, 0.15) is 61.7 Å². The predicted molar refractivity (Wildman–Crippen MR) is 129 cm³/mol. The summed E-state index contributed by atoms with van der Waals surface area (Å²) in [4.78, 5) is 13.0. The Bertz CT molecular complexity index is 1280. The number of ether oxygens (including phenoxy) is 2. The molecule has 0 bridgehead atoms. The number of nitrogens with one attached hydrogen (secondary N) is 2. The van der Waals surface area contributed by atoms with Gasteiger partial charge < -0.3 is 19.2 Å². The van der Waals surface area contributed by atoms with Crippen molar-refractivity contribution in [1.29, 1.82) is 0 Å². The van der Waals surface area contributed by atoms with Crippen LogP contribution in [0.3, 0.4) is 0 Å². The summed E-state index contributed by atoms with van der Waals surface area (Å²) in [6.45, 7) is 4.22. The molecule has 1 aromatic heterocycles. The quantitative estimate of drug-likeness (QED) is 0.459. The molecule has 1 unspecified atom stereocenters. The smallest absolute Gasteiger partial charge is 0.251 e.